The highest BCUT2D eigenvalue weighted by atomic mass is 32.1. The Morgan fingerprint density at radius 3 is 2.02 bits per heavy atom. The molecule has 0 unspecified atom stereocenters. The summed E-state index contributed by atoms with van der Waals surface area (Å²) in [5.41, 5.74) is 11.2. The van der Waals surface area contributed by atoms with Crippen molar-refractivity contribution in [3.63, 3.8) is 0 Å². The van der Waals surface area contributed by atoms with Gasteiger partial charge in [-0.2, -0.15) is 0 Å². The van der Waals surface area contributed by atoms with E-state index >= 15 is 0 Å². The molecule has 0 saturated heterocycles. The minimum Gasteiger partial charge on any atom is -0.309 e. The molecule has 0 saturated carbocycles. The maximum Gasteiger partial charge on any atom is 0.124 e. The Morgan fingerprint density at radius 1 is 0.500 bits per heavy atom. The van der Waals surface area contributed by atoms with Crippen LogP contribution in [0.3, 0.4) is 0 Å². The van der Waals surface area contributed by atoms with Crippen molar-refractivity contribution in [1.29, 1.82) is 0 Å². The number of aromatic nitrogens is 5. The number of benzene rings is 4. The summed E-state index contributed by atoms with van der Waals surface area (Å²) in [7, 11) is 0. The summed E-state index contributed by atoms with van der Waals surface area (Å²) < 4.78 is 3.56. The van der Waals surface area contributed by atoms with E-state index < -0.39 is 0 Å². The number of pyridine rings is 3. The van der Waals surface area contributed by atoms with Crippen molar-refractivity contribution in [2.75, 3.05) is 0 Å². The zero-order chi connectivity index (χ0) is 30.5. The largest absolute Gasteiger partial charge is 0.309 e. The third-order valence-corrected chi connectivity index (χ3v) is 9.50. The van der Waals surface area contributed by atoms with E-state index in [4.69, 9.17) is 15.0 Å². The quantitative estimate of drug-likeness (QED) is 0.195. The van der Waals surface area contributed by atoms with Crippen LogP contribution in [-0.4, -0.2) is 24.5 Å². The van der Waals surface area contributed by atoms with Crippen molar-refractivity contribution < 1.29 is 0 Å². The van der Waals surface area contributed by atoms with Gasteiger partial charge in [0.15, 0.2) is 0 Å². The molecule has 0 aliphatic carbocycles. The van der Waals surface area contributed by atoms with Gasteiger partial charge in [-0.3, -0.25) is 15.0 Å². The van der Waals surface area contributed by atoms with Gasteiger partial charge in [-0.1, -0.05) is 66.7 Å². The fourth-order valence-corrected chi connectivity index (χ4v) is 7.19. The summed E-state index contributed by atoms with van der Waals surface area (Å²) in [6.07, 6.45) is 5.55. The molecule has 0 fully saturated rings. The average Bonchev–Trinajstić information content (AvgIpc) is 3.71. The number of nitrogens with zero attached hydrogens (tertiary/aromatic N) is 5. The Bertz CT molecular complexity index is 2480. The molecule has 46 heavy (non-hydrogen) atoms. The zero-order valence-corrected chi connectivity index (χ0v) is 25.4. The number of hydrogen-bond acceptors (Lipinski definition) is 5. The summed E-state index contributed by atoms with van der Waals surface area (Å²) in [6, 6.07) is 46.3. The first-order valence-electron chi connectivity index (χ1n) is 15.1. The number of hydrogen-bond donors (Lipinski definition) is 0. The van der Waals surface area contributed by atoms with Gasteiger partial charge in [-0.25, -0.2) is 4.98 Å². The Morgan fingerprint density at radius 2 is 1.22 bits per heavy atom. The zero-order valence-electron chi connectivity index (χ0n) is 24.6. The van der Waals surface area contributed by atoms with E-state index in [2.05, 4.69) is 107 Å². The molecule has 0 spiro atoms. The molecule has 0 amide bonds. The van der Waals surface area contributed by atoms with Gasteiger partial charge in [0.1, 0.15) is 5.01 Å². The molecule has 0 atom stereocenters. The monoisotopic (exact) mass is 607 g/mol. The lowest BCUT2D eigenvalue weighted by Gasteiger charge is -2.16. The molecule has 5 nitrogen and oxygen atoms in total. The van der Waals surface area contributed by atoms with Gasteiger partial charge in [0.05, 0.1) is 44.0 Å². The van der Waals surface area contributed by atoms with Crippen LogP contribution in [0.2, 0.25) is 0 Å². The predicted molar refractivity (Wildman–Crippen MR) is 189 cm³/mol. The maximum absolute atomic E-state index is 4.98. The lowest BCUT2D eigenvalue weighted by Crippen LogP contribution is -1.99. The summed E-state index contributed by atoms with van der Waals surface area (Å²) in [5, 5.41) is 3.40. The van der Waals surface area contributed by atoms with Crippen LogP contribution in [0.5, 0.6) is 0 Å². The highest BCUT2D eigenvalue weighted by Gasteiger charge is 2.19. The molecule has 5 aromatic heterocycles. The maximum atomic E-state index is 4.98. The van der Waals surface area contributed by atoms with Crippen LogP contribution in [-0.2, 0) is 0 Å². The van der Waals surface area contributed by atoms with Crippen LogP contribution in [0.25, 0.3) is 82.1 Å². The fourth-order valence-electron chi connectivity index (χ4n) is 6.22. The molecule has 4 aromatic carbocycles. The standard InChI is InChI=1S/C40H25N5S/c1-3-13-36-29(9-1)30-18-16-27(40-44-35-12-2-4-14-39(35)46-40)24-37(30)45(36)38-23-26(15-19-31(38)34-11-6-8-22-42-34)33-20-17-28(25-43-33)32-10-5-7-21-41-32/h1-25H. The van der Waals surface area contributed by atoms with E-state index in [1.165, 1.54) is 15.5 Å². The van der Waals surface area contributed by atoms with Crippen LogP contribution in [0.1, 0.15) is 0 Å². The molecule has 216 valence electrons. The Labute approximate surface area is 269 Å². The van der Waals surface area contributed by atoms with Crippen LogP contribution in [0, 0.1) is 0 Å². The minimum absolute atomic E-state index is 0.893. The van der Waals surface area contributed by atoms with E-state index in [9.17, 15) is 0 Å². The van der Waals surface area contributed by atoms with Crippen molar-refractivity contribution in [2.45, 2.75) is 0 Å². The van der Waals surface area contributed by atoms with Crippen molar-refractivity contribution in [3.05, 3.63) is 152 Å². The van der Waals surface area contributed by atoms with E-state index in [1.807, 2.05) is 48.8 Å². The van der Waals surface area contributed by atoms with E-state index in [-0.39, 0.29) is 0 Å². The topological polar surface area (TPSA) is 56.5 Å². The molecule has 0 N–H and O–H groups in total. The Kier molecular flexibility index (Phi) is 6.25. The highest BCUT2D eigenvalue weighted by molar-refractivity contribution is 7.21. The van der Waals surface area contributed by atoms with Gasteiger partial charge in [0, 0.05) is 51.6 Å². The second-order valence-electron chi connectivity index (χ2n) is 11.2. The molecule has 0 bridgehead atoms. The second kappa shape index (κ2) is 10.9. The van der Waals surface area contributed by atoms with Crippen LogP contribution >= 0.6 is 11.3 Å². The van der Waals surface area contributed by atoms with Gasteiger partial charge in [-0.15, -0.1) is 11.3 Å². The molecule has 9 rings (SSSR count). The average molecular weight is 608 g/mol. The van der Waals surface area contributed by atoms with Crippen molar-refractivity contribution in [3.8, 4) is 50.0 Å². The number of thiazole rings is 1. The third kappa shape index (κ3) is 4.47. The Balaban J connectivity index is 1.27. The van der Waals surface area contributed by atoms with Crippen LogP contribution in [0.15, 0.2) is 152 Å². The number of fused-ring (bicyclic) bond motifs is 4. The first kappa shape index (κ1) is 26.4. The number of rotatable bonds is 5. The van der Waals surface area contributed by atoms with Crippen LogP contribution in [0.4, 0.5) is 0 Å². The van der Waals surface area contributed by atoms with Gasteiger partial charge in [-0.05, 0) is 66.7 Å². The third-order valence-electron chi connectivity index (χ3n) is 8.41. The SMILES string of the molecule is c1ccc(-c2ccc(-c3ccc(-c4ccccn4)c(-n4c5ccccc5c5ccc(-c6nc7ccccc7s6)cc54)c3)nc2)nc1. The minimum atomic E-state index is 0.893. The van der Waals surface area contributed by atoms with Gasteiger partial charge in [0.2, 0.25) is 0 Å². The molecule has 0 radical (unpaired) electrons. The van der Waals surface area contributed by atoms with Crippen molar-refractivity contribution in [2.24, 2.45) is 0 Å². The summed E-state index contributed by atoms with van der Waals surface area (Å²) in [5.74, 6) is 0. The second-order valence-corrected chi connectivity index (χ2v) is 12.2. The first-order chi connectivity index (χ1) is 22.8. The summed E-state index contributed by atoms with van der Waals surface area (Å²) >= 11 is 1.72. The van der Waals surface area contributed by atoms with Gasteiger partial charge in [0.25, 0.3) is 0 Å². The first-order valence-corrected chi connectivity index (χ1v) is 15.9. The van der Waals surface area contributed by atoms with E-state index in [0.29, 0.717) is 0 Å². The molecular formula is C40H25N5S. The molecule has 6 heteroatoms. The summed E-state index contributed by atoms with van der Waals surface area (Å²) in [4.78, 5) is 19.1. The molecule has 0 aliphatic rings. The Hall–Kier alpha value is -5.98. The molecule has 9 aromatic rings. The lowest BCUT2D eigenvalue weighted by molar-refractivity contribution is 1.17. The highest BCUT2D eigenvalue weighted by Crippen LogP contribution is 2.40. The normalized spacial score (nSPS) is 11.5. The smallest absolute Gasteiger partial charge is 0.124 e. The molecular weight excluding hydrogens is 583 g/mol. The number of para-hydroxylation sites is 2. The predicted octanol–water partition coefficient (Wildman–Crippen LogP) is 10.2. The fraction of sp³-hybridized carbons (Fsp3) is 0. The molecule has 5 heterocycles. The lowest BCUT2D eigenvalue weighted by atomic mass is 10.0. The summed E-state index contributed by atoms with van der Waals surface area (Å²) in [6.45, 7) is 0. The molecule has 0 aliphatic heterocycles. The van der Waals surface area contributed by atoms with Gasteiger partial charge >= 0.3 is 0 Å². The van der Waals surface area contributed by atoms with E-state index in [0.717, 1.165) is 66.6 Å². The van der Waals surface area contributed by atoms with Crippen molar-refractivity contribution >= 4 is 43.4 Å². The van der Waals surface area contributed by atoms with Crippen molar-refractivity contribution in [1.82, 2.24) is 24.5 Å². The van der Waals surface area contributed by atoms with Gasteiger partial charge < -0.3 is 4.57 Å². The van der Waals surface area contributed by atoms with E-state index in [1.54, 1.807) is 17.5 Å². The van der Waals surface area contributed by atoms with Crippen LogP contribution < -0.4 is 0 Å².